The molecule has 194 valence electrons. The van der Waals surface area contributed by atoms with E-state index in [0.717, 1.165) is 69.5 Å². The van der Waals surface area contributed by atoms with Gasteiger partial charge in [-0.3, -0.25) is 4.79 Å². The molecule has 1 amide bonds. The van der Waals surface area contributed by atoms with Gasteiger partial charge in [-0.05, 0) is 82.4 Å². The first kappa shape index (κ1) is 25.8. The minimum Gasteiger partial charge on any atom is -0.480 e. The van der Waals surface area contributed by atoms with E-state index in [9.17, 15) is 23.5 Å². The van der Waals surface area contributed by atoms with Crippen LogP contribution < -0.4 is 10.6 Å². The highest BCUT2D eigenvalue weighted by Gasteiger charge is 2.40. The van der Waals surface area contributed by atoms with Crippen molar-refractivity contribution in [3.05, 3.63) is 23.4 Å². The van der Waals surface area contributed by atoms with Crippen LogP contribution in [0.25, 0.3) is 0 Å². The molecule has 2 saturated carbocycles. The predicted octanol–water partition coefficient (Wildman–Crippen LogP) is 4.01. The Hall–Kier alpha value is -2.29. The smallest absolute Gasteiger partial charge is 0.326 e. The highest BCUT2D eigenvalue weighted by Crippen LogP contribution is 2.36. The number of nitrogens with zero attached hydrogens (tertiary/aromatic N) is 2. The topological polar surface area (TPSA) is 94.6 Å². The number of carbonyl (C=O) groups excluding carboxylic acids is 1. The molecule has 4 rings (SSSR count). The van der Waals surface area contributed by atoms with E-state index in [2.05, 4.69) is 27.7 Å². The van der Waals surface area contributed by atoms with Crippen LogP contribution in [0.5, 0.6) is 0 Å². The van der Waals surface area contributed by atoms with Gasteiger partial charge in [-0.1, -0.05) is 6.07 Å². The van der Waals surface area contributed by atoms with Gasteiger partial charge in [-0.25, -0.2) is 18.6 Å². The number of carbonyl (C=O) groups is 2. The Morgan fingerprint density at radius 2 is 2.03 bits per heavy atom. The molecule has 2 aliphatic carbocycles. The van der Waals surface area contributed by atoms with Crippen LogP contribution in [-0.2, 0) is 22.4 Å². The number of unbranched alkanes of at least 4 members (excludes halogenated alkanes) is 1. The SMILES string of the molecule is O=C(NC(CCN(CCCCc1ccc2c(n1)NCCC2)C1CC1)C(=O)O)C1CCCC(F)(F)C1. The fourth-order valence-corrected chi connectivity index (χ4v) is 5.28. The Balaban J connectivity index is 1.21. The molecule has 0 spiro atoms. The summed E-state index contributed by atoms with van der Waals surface area (Å²) in [6, 6.07) is 3.72. The zero-order valence-corrected chi connectivity index (χ0v) is 20.4. The molecule has 0 aromatic carbocycles. The average molecular weight is 493 g/mol. The number of anilines is 1. The number of alkyl halides is 2. The molecule has 3 aliphatic rings. The standard InChI is InChI=1S/C26H38F2N4O3/c27-26(28)13-3-5-19(17-26)24(33)31-22(25(34)35)12-16-32(21-10-11-21)15-2-1-7-20-9-8-18-6-4-14-29-23(18)30-20/h8-9,19,21-22H,1-7,10-17H2,(H,29,30)(H,31,33)(H,34,35). The molecule has 3 N–H and O–H groups in total. The molecule has 1 aromatic heterocycles. The van der Waals surface area contributed by atoms with Gasteiger partial charge in [0.15, 0.2) is 0 Å². The molecule has 0 saturated heterocycles. The molecule has 35 heavy (non-hydrogen) atoms. The number of carboxylic acid groups (broad SMARTS) is 1. The van der Waals surface area contributed by atoms with Crippen LogP contribution >= 0.6 is 0 Å². The summed E-state index contributed by atoms with van der Waals surface area (Å²) in [4.78, 5) is 31.3. The summed E-state index contributed by atoms with van der Waals surface area (Å²) in [6.45, 7) is 2.43. The van der Waals surface area contributed by atoms with Gasteiger partial charge in [0.2, 0.25) is 11.8 Å². The lowest BCUT2D eigenvalue weighted by Crippen LogP contribution is -2.47. The zero-order chi connectivity index (χ0) is 24.8. The Morgan fingerprint density at radius 1 is 1.20 bits per heavy atom. The van der Waals surface area contributed by atoms with Crippen molar-refractivity contribution >= 4 is 17.7 Å². The number of aliphatic carboxylic acids is 1. The van der Waals surface area contributed by atoms with Crippen molar-refractivity contribution in [2.45, 2.75) is 95.1 Å². The largest absolute Gasteiger partial charge is 0.480 e. The quantitative estimate of drug-likeness (QED) is 0.382. The van der Waals surface area contributed by atoms with Crippen LogP contribution in [-0.4, -0.2) is 64.5 Å². The number of amides is 1. The molecule has 2 atom stereocenters. The second-order valence-corrected chi connectivity index (χ2v) is 10.4. The number of nitrogens with one attached hydrogen (secondary N) is 2. The highest BCUT2D eigenvalue weighted by molar-refractivity contribution is 5.85. The summed E-state index contributed by atoms with van der Waals surface area (Å²) in [7, 11) is 0. The van der Waals surface area contributed by atoms with Crippen LogP contribution in [0.4, 0.5) is 14.6 Å². The second-order valence-electron chi connectivity index (χ2n) is 10.4. The zero-order valence-electron chi connectivity index (χ0n) is 20.4. The van der Waals surface area contributed by atoms with E-state index in [-0.39, 0.29) is 19.3 Å². The molecule has 1 aromatic rings. The monoisotopic (exact) mass is 492 g/mol. The average Bonchev–Trinajstić information content (AvgIpc) is 3.67. The van der Waals surface area contributed by atoms with E-state index in [4.69, 9.17) is 4.98 Å². The summed E-state index contributed by atoms with van der Waals surface area (Å²) in [5.74, 6) is -4.29. The van der Waals surface area contributed by atoms with E-state index in [1.165, 1.54) is 5.56 Å². The summed E-state index contributed by atoms with van der Waals surface area (Å²) in [6.07, 6.45) is 7.61. The van der Waals surface area contributed by atoms with E-state index < -0.39 is 36.2 Å². The van der Waals surface area contributed by atoms with Crippen LogP contribution in [0.15, 0.2) is 12.1 Å². The molecule has 2 fully saturated rings. The van der Waals surface area contributed by atoms with E-state index in [1.807, 2.05) is 0 Å². The van der Waals surface area contributed by atoms with Gasteiger partial charge in [-0.2, -0.15) is 0 Å². The van der Waals surface area contributed by atoms with Crippen molar-refractivity contribution < 1.29 is 23.5 Å². The van der Waals surface area contributed by atoms with Gasteiger partial charge in [0, 0.05) is 43.6 Å². The number of hydrogen-bond donors (Lipinski definition) is 3. The van der Waals surface area contributed by atoms with Gasteiger partial charge < -0.3 is 20.6 Å². The van der Waals surface area contributed by atoms with Crippen molar-refractivity contribution in [2.24, 2.45) is 5.92 Å². The third kappa shape index (κ3) is 7.59. The van der Waals surface area contributed by atoms with Crippen molar-refractivity contribution in [1.29, 1.82) is 0 Å². The van der Waals surface area contributed by atoms with Crippen LogP contribution in [0.1, 0.15) is 75.5 Å². The normalized spacial score (nSPS) is 22.2. The number of carboxylic acids is 1. The first-order valence-corrected chi connectivity index (χ1v) is 13.2. The second kappa shape index (κ2) is 11.6. The summed E-state index contributed by atoms with van der Waals surface area (Å²) < 4.78 is 27.4. The van der Waals surface area contributed by atoms with Gasteiger partial charge in [-0.15, -0.1) is 0 Å². The van der Waals surface area contributed by atoms with Crippen molar-refractivity contribution in [1.82, 2.24) is 15.2 Å². The van der Waals surface area contributed by atoms with Crippen molar-refractivity contribution in [2.75, 3.05) is 25.0 Å². The molecular weight excluding hydrogens is 454 g/mol. The Labute approximate surface area is 206 Å². The molecule has 0 radical (unpaired) electrons. The first-order chi connectivity index (χ1) is 16.8. The van der Waals surface area contributed by atoms with Crippen molar-refractivity contribution in [3.8, 4) is 0 Å². The van der Waals surface area contributed by atoms with Gasteiger partial charge in [0.1, 0.15) is 11.9 Å². The lowest BCUT2D eigenvalue weighted by Gasteiger charge is -2.29. The fraction of sp³-hybridized carbons (Fsp3) is 0.731. The number of rotatable bonds is 12. The van der Waals surface area contributed by atoms with Gasteiger partial charge in [0.25, 0.3) is 0 Å². The number of fused-ring (bicyclic) bond motifs is 1. The first-order valence-electron chi connectivity index (χ1n) is 13.2. The maximum Gasteiger partial charge on any atom is 0.326 e. The number of pyridine rings is 1. The van der Waals surface area contributed by atoms with E-state index in [1.54, 1.807) is 0 Å². The molecule has 9 heteroatoms. The van der Waals surface area contributed by atoms with Crippen LogP contribution in [0.3, 0.4) is 0 Å². The van der Waals surface area contributed by atoms with Gasteiger partial charge in [0.05, 0.1) is 0 Å². The lowest BCUT2D eigenvalue weighted by atomic mass is 9.86. The molecule has 2 unspecified atom stereocenters. The molecule has 2 heterocycles. The Bertz CT molecular complexity index is 893. The Morgan fingerprint density at radius 3 is 2.77 bits per heavy atom. The predicted molar refractivity (Wildman–Crippen MR) is 130 cm³/mol. The maximum atomic E-state index is 13.7. The third-order valence-electron chi connectivity index (χ3n) is 7.47. The molecule has 1 aliphatic heterocycles. The molecule has 0 bridgehead atoms. The molecular formula is C26H38F2N4O3. The number of aromatic nitrogens is 1. The maximum absolute atomic E-state index is 13.7. The minimum absolute atomic E-state index is 0.199. The van der Waals surface area contributed by atoms with E-state index in [0.29, 0.717) is 19.0 Å². The lowest BCUT2D eigenvalue weighted by molar-refractivity contribution is -0.144. The third-order valence-corrected chi connectivity index (χ3v) is 7.47. The number of hydrogen-bond acceptors (Lipinski definition) is 5. The fourth-order valence-electron chi connectivity index (χ4n) is 5.28. The van der Waals surface area contributed by atoms with Crippen molar-refractivity contribution in [3.63, 3.8) is 0 Å². The van der Waals surface area contributed by atoms with Crippen LogP contribution in [0.2, 0.25) is 0 Å². The van der Waals surface area contributed by atoms with Crippen LogP contribution in [0, 0.1) is 5.92 Å². The summed E-state index contributed by atoms with van der Waals surface area (Å²) >= 11 is 0. The number of aryl methyl sites for hydroxylation is 2. The highest BCUT2D eigenvalue weighted by atomic mass is 19.3. The Kier molecular flexibility index (Phi) is 8.57. The summed E-state index contributed by atoms with van der Waals surface area (Å²) in [5, 5.41) is 15.5. The molecule has 7 nitrogen and oxygen atoms in total. The summed E-state index contributed by atoms with van der Waals surface area (Å²) in [5.41, 5.74) is 2.38. The van der Waals surface area contributed by atoms with Gasteiger partial charge >= 0.3 is 5.97 Å². The van der Waals surface area contributed by atoms with E-state index >= 15 is 0 Å². The minimum atomic E-state index is -2.84. The number of halogens is 2.